The lowest BCUT2D eigenvalue weighted by Crippen LogP contribution is -2.43. The molecule has 0 amide bonds. The number of nitrogens with two attached hydrogens (primary N) is 1. The van der Waals surface area contributed by atoms with Gasteiger partial charge in [-0.2, -0.15) is 0 Å². The maximum absolute atomic E-state index is 13.4. The average molecular weight is 266 g/mol. The van der Waals surface area contributed by atoms with Gasteiger partial charge in [0.05, 0.1) is 12.6 Å². The predicted molar refractivity (Wildman–Crippen MR) is 76.0 cm³/mol. The number of ether oxygens (including phenoxy) is 1. The highest BCUT2D eigenvalue weighted by molar-refractivity contribution is 5.51. The second-order valence-corrected chi connectivity index (χ2v) is 6.30. The summed E-state index contributed by atoms with van der Waals surface area (Å²) in [5.74, 6) is -0.0870. The fourth-order valence-electron chi connectivity index (χ4n) is 3.05. The zero-order valence-corrected chi connectivity index (χ0v) is 11.9. The molecular formula is C15H23FN2O. The highest BCUT2D eigenvalue weighted by Crippen LogP contribution is 2.44. The molecule has 3 N–H and O–H groups in total. The maximum atomic E-state index is 13.4. The topological polar surface area (TPSA) is 47.3 Å². The molecule has 1 aromatic carbocycles. The van der Waals surface area contributed by atoms with Gasteiger partial charge in [0.1, 0.15) is 0 Å². The first-order chi connectivity index (χ1) is 8.90. The lowest BCUT2D eigenvalue weighted by Gasteiger charge is -2.32. The molecule has 0 bridgehead atoms. The van der Waals surface area contributed by atoms with Gasteiger partial charge in [0, 0.05) is 18.3 Å². The van der Waals surface area contributed by atoms with E-state index in [9.17, 15) is 4.39 Å². The molecule has 19 heavy (non-hydrogen) atoms. The van der Waals surface area contributed by atoms with Gasteiger partial charge in [-0.15, -0.1) is 0 Å². The number of anilines is 1. The van der Waals surface area contributed by atoms with Gasteiger partial charge in [0.2, 0.25) is 0 Å². The van der Waals surface area contributed by atoms with Crippen molar-refractivity contribution in [2.45, 2.75) is 38.6 Å². The molecule has 3 nitrogen and oxygen atoms in total. The molecule has 4 heteroatoms. The van der Waals surface area contributed by atoms with Crippen molar-refractivity contribution in [3.8, 4) is 5.75 Å². The molecule has 0 spiro atoms. The molecule has 0 radical (unpaired) electrons. The van der Waals surface area contributed by atoms with Crippen LogP contribution in [0.2, 0.25) is 0 Å². The van der Waals surface area contributed by atoms with Gasteiger partial charge in [-0.3, -0.25) is 0 Å². The molecule has 0 aromatic heterocycles. The summed E-state index contributed by atoms with van der Waals surface area (Å²) in [5.41, 5.74) is 7.04. The lowest BCUT2D eigenvalue weighted by atomic mass is 9.87. The first-order valence-electron chi connectivity index (χ1n) is 6.72. The monoisotopic (exact) mass is 266 g/mol. The Labute approximate surface area is 114 Å². The van der Waals surface area contributed by atoms with E-state index in [1.165, 1.54) is 13.2 Å². The Bertz CT molecular complexity index is 461. The Morgan fingerprint density at radius 3 is 2.63 bits per heavy atom. The van der Waals surface area contributed by atoms with Gasteiger partial charge in [-0.25, -0.2) is 4.39 Å². The highest BCUT2D eigenvalue weighted by Gasteiger charge is 2.42. The van der Waals surface area contributed by atoms with E-state index in [2.05, 4.69) is 19.2 Å². The second-order valence-electron chi connectivity index (χ2n) is 6.30. The molecule has 0 aliphatic heterocycles. The number of halogens is 1. The minimum atomic E-state index is -0.346. The van der Waals surface area contributed by atoms with Crippen LogP contribution in [-0.2, 0) is 0 Å². The summed E-state index contributed by atoms with van der Waals surface area (Å²) in [6.45, 7) is 5.10. The molecular weight excluding hydrogens is 243 g/mol. The number of nitrogens with one attached hydrogen (secondary N) is 1. The first kappa shape index (κ1) is 14.1. The van der Waals surface area contributed by atoms with Crippen molar-refractivity contribution in [3.63, 3.8) is 0 Å². The van der Waals surface area contributed by atoms with E-state index in [1.807, 2.05) is 0 Å². The van der Waals surface area contributed by atoms with E-state index in [-0.39, 0.29) is 17.1 Å². The average Bonchev–Trinajstić information content (AvgIpc) is 2.68. The van der Waals surface area contributed by atoms with Crippen molar-refractivity contribution in [1.29, 1.82) is 0 Å². The fourth-order valence-corrected chi connectivity index (χ4v) is 3.05. The van der Waals surface area contributed by atoms with Crippen LogP contribution in [-0.4, -0.2) is 19.2 Å². The molecule has 1 unspecified atom stereocenters. The number of benzene rings is 1. The van der Waals surface area contributed by atoms with Crippen molar-refractivity contribution in [2.75, 3.05) is 19.0 Å². The van der Waals surface area contributed by atoms with E-state index in [0.29, 0.717) is 12.0 Å². The summed E-state index contributed by atoms with van der Waals surface area (Å²) in [7, 11) is 1.47. The van der Waals surface area contributed by atoms with E-state index in [1.54, 1.807) is 12.1 Å². The molecule has 0 saturated heterocycles. The summed E-state index contributed by atoms with van der Waals surface area (Å²) < 4.78 is 18.4. The number of hydrogen-bond acceptors (Lipinski definition) is 3. The third kappa shape index (κ3) is 3.00. The van der Waals surface area contributed by atoms with Gasteiger partial charge in [0.25, 0.3) is 0 Å². The standard InChI is InChI=1S/C15H23FN2O/c1-14(2)6-7-15(9-14,10-17)18-11-4-5-12(16)13(8-11)19-3/h4-5,8,18H,6-7,9-10,17H2,1-3H3. The van der Waals surface area contributed by atoms with Gasteiger partial charge in [-0.1, -0.05) is 13.8 Å². The van der Waals surface area contributed by atoms with Crippen molar-refractivity contribution in [1.82, 2.24) is 0 Å². The van der Waals surface area contributed by atoms with E-state index < -0.39 is 0 Å². The number of hydrogen-bond donors (Lipinski definition) is 2. The quantitative estimate of drug-likeness (QED) is 0.880. The minimum absolute atomic E-state index is 0.0909. The Morgan fingerprint density at radius 2 is 2.11 bits per heavy atom. The molecule has 1 aromatic rings. The number of rotatable bonds is 4. The fraction of sp³-hybridized carbons (Fsp3) is 0.600. The van der Waals surface area contributed by atoms with E-state index in [0.717, 1.165) is 24.9 Å². The third-order valence-corrected chi connectivity index (χ3v) is 4.05. The lowest BCUT2D eigenvalue weighted by molar-refractivity contribution is 0.351. The largest absolute Gasteiger partial charge is 0.494 e. The van der Waals surface area contributed by atoms with Crippen LogP contribution < -0.4 is 15.8 Å². The van der Waals surface area contributed by atoms with Crippen LogP contribution in [0.1, 0.15) is 33.1 Å². The van der Waals surface area contributed by atoms with Crippen molar-refractivity contribution in [2.24, 2.45) is 11.1 Å². The molecule has 1 aliphatic rings. The van der Waals surface area contributed by atoms with Crippen molar-refractivity contribution >= 4 is 5.69 Å². The molecule has 1 fully saturated rings. The summed E-state index contributed by atoms with van der Waals surface area (Å²) in [5, 5.41) is 3.49. The van der Waals surface area contributed by atoms with Gasteiger partial charge >= 0.3 is 0 Å². The SMILES string of the molecule is COc1cc(NC2(CN)CCC(C)(C)C2)ccc1F. The Kier molecular flexibility index (Phi) is 3.72. The zero-order valence-electron chi connectivity index (χ0n) is 11.9. The normalized spacial score (nSPS) is 25.3. The summed E-state index contributed by atoms with van der Waals surface area (Å²) in [4.78, 5) is 0. The third-order valence-electron chi connectivity index (χ3n) is 4.05. The Balaban J connectivity index is 2.20. The van der Waals surface area contributed by atoms with Gasteiger partial charge < -0.3 is 15.8 Å². The van der Waals surface area contributed by atoms with Crippen LogP contribution in [0.5, 0.6) is 5.75 Å². The summed E-state index contributed by atoms with van der Waals surface area (Å²) in [6, 6.07) is 4.85. The highest BCUT2D eigenvalue weighted by atomic mass is 19.1. The minimum Gasteiger partial charge on any atom is -0.494 e. The van der Waals surface area contributed by atoms with Crippen molar-refractivity contribution in [3.05, 3.63) is 24.0 Å². The van der Waals surface area contributed by atoms with Crippen LogP contribution in [0.25, 0.3) is 0 Å². The first-order valence-corrected chi connectivity index (χ1v) is 6.72. The summed E-state index contributed by atoms with van der Waals surface area (Å²) >= 11 is 0. The maximum Gasteiger partial charge on any atom is 0.165 e. The summed E-state index contributed by atoms with van der Waals surface area (Å²) in [6.07, 6.45) is 3.21. The Morgan fingerprint density at radius 1 is 1.37 bits per heavy atom. The van der Waals surface area contributed by atoms with Gasteiger partial charge in [0.15, 0.2) is 11.6 Å². The van der Waals surface area contributed by atoms with Crippen LogP contribution >= 0.6 is 0 Å². The molecule has 106 valence electrons. The molecule has 1 atom stereocenters. The predicted octanol–water partition coefficient (Wildman–Crippen LogP) is 3.15. The van der Waals surface area contributed by atoms with Crippen LogP contribution in [0.4, 0.5) is 10.1 Å². The smallest absolute Gasteiger partial charge is 0.165 e. The van der Waals surface area contributed by atoms with Gasteiger partial charge in [-0.05, 0) is 36.8 Å². The molecule has 2 rings (SSSR count). The second kappa shape index (κ2) is 5.00. The molecule has 1 saturated carbocycles. The van der Waals surface area contributed by atoms with E-state index >= 15 is 0 Å². The molecule has 1 aliphatic carbocycles. The molecule has 0 heterocycles. The van der Waals surface area contributed by atoms with Crippen LogP contribution in [0, 0.1) is 11.2 Å². The van der Waals surface area contributed by atoms with Crippen LogP contribution in [0.15, 0.2) is 18.2 Å². The Hall–Kier alpha value is -1.29. The van der Waals surface area contributed by atoms with Crippen LogP contribution in [0.3, 0.4) is 0 Å². The number of methoxy groups -OCH3 is 1. The zero-order chi connectivity index (χ0) is 14.1. The van der Waals surface area contributed by atoms with E-state index in [4.69, 9.17) is 10.5 Å². The van der Waals surface area contributed by atoms with Crippen molar-refractivity contribution < 1.29 is 9.13 Å².